The first-order valence-corrected chi connectivity index (χ1v) is 13.4. The molecule has 2 nitrogen and oxygen atoms in total. The summed E-state index contributed by atoms with van der Waals surface area (Å²) in [5.74, 6) is 0. The van der Waals surface area contributed by atoms with Crippen molar-refractivity contribution < 1.29 is 9.16 Å². The molecule has 3 heteroatoms. The van der Waals surface area contributed by atoms with Crippen molar-refractivity contribution in [3.63, 3.8) is 0 Å². The molecule has 0 heterocycles. The van der Waals surface area contributed by atoms with Crippen molar-refractivity contribution in [2.75, 3.05) is 19.8 Å². The minimum Gasteiger partial charge on any atom is -0.417 e. The van der Waals surface area contributed by atoms with Crippen molar-refractivity contribution in [1.82, 2.24) is 0 Å². The average molecular weight is 385 g/mol. The molecule has 0 aliphatic carbocycles. The largest absolute Gasteiger partial charge is 0.417 e. The summed E-state index contributed by atoms with van der Waals surface area (Å²) < 4.78 is 12.7. The highest BCUT2D eigenvalue weighted by molar-refractivity contribution is 6.71. The van der Waals surface area contributed by atoms with Crippen LogP contribution < -0.4 is 0 Å². The summed E-state index contributed by atoms with van der Waals surface area (Å²) in [5, 5.41) is 0. The number of benzene rings is 2. The van der Waals surface area contributed by atoms with Gasteiger partial charge in [0.2, 0.25) is 0 Å². The third kappa shape index (κ3) is 7.61. The van der Waals surface area contributed by atoms with Crippen LogP contribution >= 0.6 is 0 Å². The van der Waals surface area contributed by atoms with Gasteiger partial charge in [0.15, 0.2) is 8.32 Å². The first-order valence-electron chi connectivity index (χ1n) is 10.3. The molecule has 27 heavy (non-hydrogen) atoms. The molecule has 0 saturated heterocycles. The van der Waals surface area contributed by atoms with Gasteiger partial charge in [-0.2, -0.15) is 0 Å². The van der Waals surface area contributed by atoms with Gasteiger partial charge in [0.25, 0.3) is 0 Å². The van der Waals surface area contributed by atoms with Crippen molar-refractivity contribution in [3.8, 4) is 0 Å². The Bertz CT molecular complexity index is 598. The molecule has 2 aromatic carbocycles. The van der Waals surface area contributed by atoms with Crippen molar-refractivity contribution in [1.29, 1.82) is 0 Å². The number of ether oxygens (including phenoxy) is 1. The molecule has 0 radical (unpaired) electrons. The fourth-order valence-corrected chi connectivity index (χ4v) is 4.15. The predicted molar refractivity (Wildman–Crippen MR) is 118 cm³/mol. The SMILES string of the molecule is CCCOCC(CO[Si](C)(C)CC)(Cc1ccccc1)Cc1ccccc1. The summed E-state index contributed by atoms with van der Waals surface area (Å²) in [5.41, 5.74) is 2.67. The van der Waals surface area contributed by atoms with E-state index in [1.807, 2.05) is 0 Å². The van der Waals surface area contributed by atoms with Crippen LogP contribution in [-0.4, -0.2) is 28.1 Å². The zero-order chi connectivity index (χ0) is 19.6. The molecule has 0 saturated carbocycles. The average Bonchev–Trinajstić information content (AvgIpc) is 2.68. The molecule has 148 valence electrons. The van der Waals surface area contributed by atoms with E-state index in [0.29, 0.717) is 0 Å². The van der Waals surface area contributed by atoms with E-state index in [4.69, 9.17) is 9.16 Å². The van der Waals surface area contributed by atoms with E-state index in [2.05, 4.69) is 87.6 Å². The monoisotopic (exact) mass is 384 g/mol. The van der Waals surface area contributed by atoms with E-state index < -0.39 is 8.32 Å². The van der Waals surface area contributed by atoms with Crippen LogP contribution in [0.5, 0.6) is 0 Å². The lowest BCUT2D eigenvalue weighted by atomic mass is 9.78. The Morgan fingerprint density at radius 3 is 1.74 bits per heavy atom. The smallest absolute Gasteiger partial charge is 0.186 e. The molecule has 0 aromatic heterocycles. The maximum atomic E-state index is 6.58. The van der Waals surface area contributed by atoms with Gasteiger partial charge >= 0.3 is 0 Å². The third-order valence-electron chi connectivity index (χ3n) is 5.22. The lowest BCUT2D eigenvalue weighted by molar-refractivity contribution is 0.0110. The van der Waals surface area contributed by atoms with Gasteiger partial charge in [-0.3, -0.25) is 0 Å². The van der Waals surface area contributed by atoms with Crippen molar-refractivity contribution >= 4 is 8.32 Å². The summed E-state index contributed by atoms with van der Waals surface area (Å²) >= 11 is 0. The Balaban J connectivity index is 2.29. The summed E-state index contributed by atoms with van der Waals surface area (Å²) in [6, 6.07) is 22.7. The molecule has 0 N–H and O–H groups in total. The minimum absolute atomic E-state index is 0.0443. The normalized spacial score (nSPS) is 12.3. The quantitative estimate of drug-likeness (QED) is 0.324. The maximum Gasteiger partial charge on any atom is 0.186 e. The molecule has 0 aliphatic heterocycles. The Hall–Kier alpha value is -1.42. The Labute approximate surface area is 167 Å². The Kier molecular flexibility index (Phi) is 8.74. The molecular formula is C24H36O2Si. The van der Waals surface area contributed by atoms with Gasteiger partial charge in [0, 0.05) is 18.6 Å². The van der Waals surface area contributed by atoms with Crippen LogP contribution in [0.15, 0.2) is 60.7 Å². The van der Waals surface area contributed by atoms with Crippen LogP contribution in [0.1, 0.15) is 31.4 Å². The van der Waals surface area contributed by atoms with Crippen LogP contribution in [0, 0.1) is 5.41 Å². The standard InChI is InChI=1S/C24H36O2Si/c1-5-17-25-20-24(21-26-27(3,4)6-2,18-22-13-9-7-10-14-22)19-23-15-11-8-12-16-23/h7-16H,5-6,17-21H2,1-4H3. The second-order valence-corrected chi connectivity index (χ2v) is 12.8. The van der Waals surface area contributed by atoms with Crippen LogP contribution in [0.25, 0.3) is 0 Å². The van der Waals surface area contributed by atoms with E-state index in [0.717, 1.165) is 45.1 Å². The number of hydrogen-bond acceptors (Lipinski definition) is 2. The van der Waals surface area contributed by atoms with E-state index >= 15 is 0 Å². The van der Waals surface area contributed by atoms with Crippen molar-refractivity contribution in [2.24, 2.45) is 5.41 Å². The van der Waals surface area contributed by atoms with Gasteiger partial charge in [-0.05, 0) is 49.5 Å². The minimum atomic E-state index is -1.62. The van der Waals surface area contributed by atoms with Crippen LogP contribution in [0.4, 0.5) is 0 Å². The summed E-state index contributed by atoms with van der Waals surface area (Å²) in [6.45, 7) is 11.3. The van der Waals surface area contributed by atoms with Gasteiger partial charge in [0.1, 0.15) is 0 Å². The van der Waals surface area contributed by atoms with Gasteiger partial charge in [0.05, 0.1) is 6.61 Å². The lowest BCUT2D eigenvalue weighted by Crippen LogP contribution is -2.42. The molecule has 0 unspecified atom stereocenters. The highest BCUT2D eigenvalue weighted by atomic mass is 28.4. The molecule has 0 bridgehead atoms. The van der Waals surface area contributed by atoms with Crippen LogP contribution in [-0.2, 0) is 22.0 Å². The van der Waals surface area contributed by atoms with Gasteiger partial charge in [-0.25, -0.2) is 0 Å². The molecule has 0 atom stereocenters. The zero-order valence-electron chi connectivity index (χ0n) is 17.5. The number of hydrogen-bond donors (Lipinski definition) is 0. The molecule has 0 fully saturated rings. The topological polar surface area (TPSA) is 18.5 Å². The molecule has 2 rings (SSSR count). The third-order valence-corrected chi connectivity index (χ3v) is 7.85. The fraction of sp³-hybridized carbons (Fsp3) is 0.500. The molecule has 0 aliphatic rings. The van der Waals surface area contributed by atoms with Gasteiger partial charge in [-0.15, -0.1) is 0 Å². The maximum absolute atomic E-state index is 6.58. The highest BCUT2D eigenvalue weighted by Gasteiger charge is 2.34. The fourth-order valence-electron chi connectivity index (χ4n) is 3.25. The van der Waals surface area contributed by atoms with E-state index in [1.165, 1.54) is 11.1 Å². The summed E-state index contributed by atoms with van der Waals surface area (Å²) in [6.07, 6.45) is 2.99. The Morgan fingerprint density at radius 1 is 0.778 bits per heavy atom. The molecular weight excluding hydrogens is 348 g/mol. The second kappa shape index (κ2) is 10.8. The second-order valence-electron chi connectivity index (χ2n) is 8.28. The van der Waals surface area contributed by atoms with Gasteiger partial charge in [-0.1, -0.05) is 74.5 Å². The molecule has 0 amide bonds. The van der Waals surface area contributed by atoms with Gasteiger partial charge < -0.3 is 9.16 Å². The highest BCUT2D eigenvalue weighted by Crippen LogP contribution is 2.31. The van der Waals surface area contributed by atoms with E-state index in [9.17, 15) is 0 Å². The predicted octanol–water partition coefficient (Wildman–Crippen LogP) is 6.13. The Morgan fingerprint density at radius 2 is 1.30 bits per heavy atom. The van der Waals surface area contributed by atoms with Crippen molar-refractivity contribution in [2.45, 2.75) is 52.2 Å². The van der Waals surface area contributed by atoms with E-state index in [-0.39, 0.29) is 5.41 Å². The first kappa shape index (κ1) is 21.9. The lowest BCUT2D eigenvalue weighted by Gasteiger charge is -2.37. The van der Waals surface area contributed by atoms with Crippen LogP contribution in [0.2, 0.25) is 19.1 Å². The zero-order valence-corrected chi connectivity index (χ0v) is 18.5. The summed E-state index contributed by atoms with van der Waals surface area (Å²) in [7, 11) is -1.62. The van der Waals surface area contributed by atoms with Crippen LogP contribution in [0.3, 0.4) is 0 Å². The first-order chi connectivity index (χ1) is 13.0. The van der Waals surface area contributed by atoms with Crippen molar-refractivity contribution in [3.05, 3.63) is 71.8 Å². The molecule has 0 spiro atoms. The number of rotatable bonds is 12. The summed E-state index contributed by atoms with van der Waals surface area (Å²) in [4.78, 5) is 0. The van der Waals surface area contributed by atoms with E-state index in [1.54, 1.807) is 0 Å². The molecule has 2 aromatic rings.